The Hall–Kier alpha value is -1.64. The van der Waals surface area contributed by atoms with E-state index in [4.69, 9.17) is 11.1 Å². The number of nitrogens with one attached hydrogen (secondary N) is 1. The van der Waals surface area contributed by atoms with Gasteiger partial charge in [0.15, 0.2) is 0 Å². The van der Waals surface area contributed by atoms with Crippen LogP contribution in [0.5, 0.6) is 0 Å². The van der Waals surface area contributed by atoms with Crippen LogP contribution in [0.15, 0.2) is 0 Å². The zero-order valence-electron chi connectivity index (χ0n) is 9.70. The molecule has 1 unspecified atom stereocenters. The van der Waals surface area contributed by atoms with Gasteiger partial charge in [-0.3, -0.25) is 10.3 Å². The standard InChI is InChI=1S/C9H13F3N6/c1-5(7(13)14)17-2-3-18-6(4-17)15-16-8(18)9(10,11)12/h5H,2-4H2,1H3,(H3,13,14). The molecule has 0 aromatic carbocycles. The van der Waals surface area contributed by atoms with E-state index in [2.05, 4.69) is 10.2 Å². The molecule has 1 aromatic heterocycles. The molecule has 2 heterocycles. The van der Waals surface area contributed by atoms with Gasteiger partial charge in [-0.15, -0.1) is 10.2 Å². The summed E-state index contributed by atoms with van der Waals surface area (Å²) in [4.78, 5) is 1.80. The maximum absolute atomic E-state index is 12.6. The Bertz CT molecular complexity index is 465. The third-order valence-corrected chi connectivity index (χ3v) is 3.03. The number of nitrogens with two attached hydrogens (primary N) is 1. The molecule has 100 valence electrons. The average Bonchev–Trinajstić information content (AvgIpc) is 2.69. The van der Waals surface area contributed by atoms with Crippen molar-refractivity contribution in [1.82, 2.24) is 19.7 Å². The highest BCUT2D eigenvalue weighted by Crippen LogP contribution is 2.29. The van der Waals surface area contributed by atoms with Crippen LogP contribution in [0.4, 0.5) is 13.2 Å². The van der Waals surface area contributed by atoms with Crippen LogP contribution in [0.3, 0.4) is 0 Å². The summed E-state index contributed by atoms with van der Waals surface area (Å²) >= 11 is 0. The van der Waals surface area contributed by atoms with Gasteiger partial charge in [0.1, 0.15) is 11.7 Å². The van der Waals surface area contributed by atoms with Gasteiger partial charge in [0.2, 0.25) is 5.82 Å². The van der Waals surface area contributed by atoms with Crippen LogP contribution in [0, 0.1) is 5.41 Å². The Kier molecular flexibility index (Phi) is 3.01. The van der Waals surface area contributed by atoms with Crippen molar-refractivity contribution in [2.75, 3.05) is 6.54 Å². The number of halogens is 3. The minimum atomic E-state index is -4.49. The fourth-order valence-corrected chi connectivity index (χ4v) is 1.91. The van der Waals surface area contributed by atoms with E-state index in [1.165, 1.54) is 0 Å². The van der Waals surface area contributed by atoms with Crippen molar-refractivity contribution in [3.05, 3.63) is 11.6 Å². The molecule has 0 amide bonds. The zero-order valence-corrected chi connectivity index (χ0v) is 9.70. The fourth-order valence-electron chi connectivity index (χ4n) is 1.91. The molecule has 0 bridgehead atoms. The fraction of sp³-hybridized carbons (Fsp3) is 0.667. The lowest BCUT2D eigenvalue weighted by Gasteiger charge is -2.32. The third kappa shape index (κ3) is 2.17. The van der Waals surface area contributed by atoms with Crippen molar-refractivity contribution in [1.29, 1.82) is 5.41 Å². The van der Waals surface area contributed by atoms with Gasteiger partial charge in [0.05, 0.1) is 12.6 Å². The molecule has 1 aromatic rings. The van der Waals surface area contributed by atoms with Crippen molar-refractivity contribution >= 4 is 5.84 Å². The molecular weight excluding hydrogens is 249 g/mol. The van der Waals surface area contributed by atoms with Gasteiger partial charge in [0, 0.05) is 13.1 Å². The number of amidine groups is 1. The summed E-state index contributed by atoms with van der Waals surface area (Å²) in [5, 5.41) is 14.1. The van der Waals surface area contributed by atoms with Gasteiger partial charge >= 0.3 is 6.18 Å². The average molecular weight is 262 g/mol. The molecule has 1 aliphatic heterocycles. The maximum Gasteiger partial charge on any atom is 0.451 e. The molecule has 3 N–H and O–H groups in total. The molecule has 6 nitrogen and oxygen atoms in total. The summed E-state index contributed by atoms with van der Waals surface area (Å²) in [6.07, 6.45) is -4.49. The number of rotatable bonds is 2. The lowest BCUT2D eigenvalue weighted by Crippen LogP contribution is -2.46. The minimum Gasteiger partial charge on any atom is -0.386 e. The van der Waals surface area contributed by atoms with Crippen LogP contribution in [0.1, 0.15) is 18.6 Å². The van der Waals surface area contributed by atoms with Crippen molar-refractivity contribution in [3.8, 4) is 0 Å². The smallest absolute Gasteiger partial charge is 0.386 e. The SMILES string of the molecule is CC(C(=N)N)N1CCn2c(nnc2C(F)(F)F)C1. The van der Waals surface area contributed by atoms with Gasteiger partial charge in [-0.05, 0) is 6.92 Å². The largest absolute Gasteiger partial charge is 0.451 e. The van der Waals surface area contributed by atoms with Crippen LogP contribution in [0.2, 0.25) is 0 Å². The van der Waals surface area contributed by atoms with Crippen molar-refractivity contribution in [2.24, 2.45) is 5.73 Å². The monoisotopic (exact) mass is 262 g/mol. The number of hydrogen-bond acceptors (Lipinski definition) is 4. The van der Waals surface area contributed by atoms with Crippen molar-refractivity contribution in [2.45, 2.75) is 32.2 Å². The molecule has 18 heavy (non-hydrogen) atoms. The first-order valence-corrected chi connectivity index (χ1v) is 5.38. The number of aromatic nitrogens is 3. The summed E-state index contributed by atoms with van der Waals surface area (Å²) in [5.74, 6) is -0.728. The first-order chi connectivity index (χ1) is 8.30. The Morgan fingerprint density at radius 2 is 2.06 bits per heavy atom. The summed E-state index contributed by atoms with van der Waals surface area (Å²) in [5.41, 5.74) is 5.38. The predicted molar refractivity (Wildman–Crippen MR) is 56.8 cm³/mol. The molecule has 0 saturated heterocycles. The van der Waals surface area contributed by atoms with E-state index in [-0.39, 0.29) is 30.8 Å². The summed E-state index contributed by atoms with van der Waals surface area (Å²) in [7, 11) is 0. The molecule has 1 atom stereocenters. The molecular formula is C9H13F3N6. The topological polar surface area (TPSA) is 83.8 Å². The Morgan fingerprint density at radius 3 is 2.61 bits per heavy atom. The van der Waals surface area contributed by atoms with Gasteiger partial charge in [-0.1, -0.05) is 0 Å². The Morgan fingerprint density at radius 1 is 1.39 bits per heavy atom. The lowest BCUT2D eigenvalue weighted by molar-refractivity contribution is -0.148. The van der Waals surface area contributed by atoms with Gasteiger partial charge in [-0.25, -0.2) is 0 Å². The van der Waals surface area contributed by atoms with E-state index in [1.54, 1.807) is 11.8 Å². The zero-order chi connectivity index (χ0) is 13.5. The Labute approximate surface area is 101 Å². The number of fused-ring (bicyclic) bond motifs is 1. The maximum atomic E-state index is 12.6. The van der Waals surface area contributed by atoms with Crippen molar-refractivity contribution < 1.29 is 13.2 Å². The molecule has 9 heteroatoms. The molecule has 2 rings (SSSR count). The minimum absolute atomic E-state index is 0.0148. The summed E-state index contributed by atoms with van der Waals surface area (Å²) < 4.78 is 38.9. The van der Waals surface area contributed by atoms with E-state index >= 15 is 0 Å². The highest BCUT2D eigenvalue weighted by atomic mass is 19.4. The third-order valence-electron chi connectivity index (χ3n) is 3.03. The summed E-state index contributed by atoms with van der Waals surface area (Å²) in [6.45, 7) is 2.48. The van der Waals surface area contributed by atoms with Crippen LogP contribution < -0.4 is 5.73 Å². The first-order valence-electron chi connectivity index (χ1n) is 5.38. The van der Waals surface area contributed by atoms with Crippen LogP contribution >= 0.6 is 0 Å². The van der Waals surface area contributed by atoms with E-state index in [1.807, 2.05) is 0 Å². The van der Waals surface area contributed by atoms with Crippen LogP contribution in [-0.2, 0) is 19.3 Å². The van der Waals surface area contributed by atoms with Gasteiger partial charge in [0.25, 0.3) is 0 Å². The molecule has 0 spiro atoms. The highest BCUT2D eigenvalue weighted by Gasteiger charge is 2.39. The second-order valence-corrected chi connectivity index (χ2v) is 4.19. The normalized spacial score (nSPS) is 18.4. The quantitative estimate of drug-likeness (QED) is 0.598. The number of alkyl halides is 3. The Balaban J connectivity index is 2.22. The molecule has 0 aliphatic carbocycles. The second kappa shape index (κ2) is 4.23. The predicted octanol–water partition coefficient (Wildman–Crippen LogP) is 0.437. The number of hydrogen-bond donors (Lipinski definition) is 2. The van der Waals surface area contributed by atoms with Crippen molar-refractivity contribution in [3.63, 3.8) is 0 Å². The van der Waals surface area contributed by atoms with Crippen LogP contribution in [-0.4, -0.2) is 38.1 Å². The van der Waals surface area contributed by atoms with Gasteiger partial charge in [-0.2, -0.15) is 13.2 Å². The van der Waals surface area contributed by atoms with Crippen LogP contribution in [0.25, 0.3) is 0 Å². The molecule has 0 fully saturated rings. The molecule has 0 radical (unpaired) electrons. The van der Waals surface area contributed by atoms with E-state index in [9.17, 15) is 13.2 Å². The molecule has 1 aliphatic rings. The second-order valence-electron chi connectivity index (χ2n) is 4.19. The van der Waals surface area contributed by atoms with E-state index < -0.39 is 12.0 Å². The van der Waals surface area contributed by atoms with E-state index in [0.29, 0.717) is 6.54 Å². The summed E-state index contributed by atoms with van der Waals surface area (Å²) in [6, 6.07) is -0.315. The highest BCUT2D eigenvalue weighted by molar-refractivity contribution is 5.82. The lowest BCUT2D eigenvalue weighted by atomic mass is 10.2. The van der Waals surface area contributed by atoms with Gasteiger partial charge < -0.3 is 10.3 Å². The first kappa shape index (κ1) is 12.8. The van der Waals surface area contributed by atoms with E-state index in [0.717, 1.165) is 4.57 Å². The molecule has 0 saturated carbocycles. The number of nitrogens with zero attached hydrogens (tertiary/aromatic N) is 4.